The summed E-state index contributed by atoms with van der Waals surface area (Å²) in [7, 11) is 0. The monoisotopic (exact) mass is 347 g/mol. The van der Waals surface area contributed by atoms with Gasteiger partial charge in [-0.3, -0.25) is 14.9 Å². The number of ether oxygens (including phenoxy) is 1. The highest BCUT2D eigenvalue weighted by molar-refractivity contribution is 6.30. The minimum atomic E-state index is -2.43. The summed E-state index contributed by atoms with van der Waals surface area (Å²) in [4.78, 5) is 35.9. The van der Waals surface area contributed by atoms with E-state index < -0.39 is 23.5 Å². The van der Waals surface area contributed by atoms with E-state index in [1.807, 2.05) is 0 Å². The molecule has 0 aliphatic heterocycles. The van der Waals surface area contributed by atoms with E-state index in [1.54, 1.807) is 36.4 Å². The van der Waals surface area contributed by atoms with Gasteiger partial charge in [0.2, 0.25) is 0 Å². The third-order valence-electron chi connectivity index (χ3n) is 3.19. The first kappa shape index (κ1) is 17.3. The molecule has 7 nitrogen and oxygen atoms in total. The molecule has 8 heteroatoms. The summed E-state index contributed by atoms with van der Waals surface area (Å²) in [5, 5.41) is 2.74. The minimum Gasteiger partial charge on any atom is -0.417 e. The lowest BCUT2D eigenvalue weighted by atomic mass is 9.92. The van der Waals surface area contributed by atoms with Crippen LogP contribution in [0.15, 0.2) is 54.6 Å². The van der Waals surface area contributed by atoms with Crippen molar-refractivity contribution in [3.8, 4) is 0 Å². The number of hydrogen-bond donors (Lipinski definition) is 3. The molecule has 0 atom stereocenters. The van der Waals surface area contributed by atoms with Crippen LogP contribution in [-0.4, -0.2) is 17.9 Å². The number of amides is 3. The second kappa shape index (κ2) is 7.01. The Labute approximate surface area is 142 Å². The van der Waals surface area contributed by atoms with Gasteiger partial charge in [0.15, 0.2) is 0 Å². The highest BCUT2D eigenvalue weighted by Crippen LogP contribution is 2.26. The van der Waals surface area contributed by atoms with Crippen molar-refractivity contribution in [3.63, 3.8) is 0 Å². The van der Waals surface area contributed by atoms with Crippen LogP contribution in [0.5, 0.6) is 0 Å². The van der Waals surface area contributed by atoms with Gasteiger partial charge in [-0.05, 0) is 18.2 Å². The predicted molar refractivity (Wildman–Crippen MR) is 88.1 cm³/mol. The normalized spacial score (nSPS) is 10.7. The number of rotatable bonds is 5. The topological polar surface area (TPSA) is 125 Å². The third kappa shape index (κ3) is 3.47. The SMILES string of the molecule is NC(=O)C(OC(=O)Nc1cccc(Cl)c1)(C(N)=O)c1ccccc1. The lowest BCUT2D eigenvalue weighted by Crippen LogP contribution is -2.54. The summed E-state index contributed by atoms with van der Waals surface area (Å²) in [6, 6.07) is 13.8. The summed E-state index contributed by atoms with van der Waals surface area (Å²) in [6.45, 7) is 0. The highest BCUT2D eigenvalue weighted by Gasteiger charge is 2.49. The van der Waals surface area contributed by atoms with Crippen molar-refractivity contribution < 1.29 is 19.1 Å². The molecule has 2 rings (SSSR count). The first-order valence-electron chi connectivity index (χ1n) is 6.77. The van der Waals surface area contributed by atoms with Crippen molar-refractivity contribution in [1.29, 1.82) is 0 Å². The molecule has 0 saturated carbocycles. The lowest BCUT2D eigenvalue weighted by molar-refractivity contribution is -0.150. The summed E-state index contributed by atoms with van der Waals surface area (Å²) in [5.41, 5.74) is 8.54. The summed E-state index contributed by atoms with van der Waals surface area (Å²) in [6.07, 6.45) is -1.08. The number of carbonyl (C=O) groups excluding carboxylic acids is 3. The summed E-state index contributed by atoms with van der Waals surface area (Å²) >= 11 is 5.82. The fourth-order valence-electron chi connectivity index (χ4n) is 2.09. The molecule has 0 aliphatic carbocycles. The Hall–Kier alpha value is -3.06. The van der Waals surface area contributed by atoms with Crippen LogP contribution in [-0.2, 0) is 19.9 Å². The highest BCUT2D eigenvalue weighted by atomic mass is 35.5. The molecule has 24 heavy (non-hydrogen) atoms. The van der Waals surface area contributed by atoms with E-state index in [0.29, 0.717) is 10.7 Å². The molecule has 0 aromatic heterocycles. The number of hydrogen-bond acceptors (Lipinski definition) is 4. The zero-order valence-electron chi connectivity index (χ0n) is 12.4. The van der Waals surface area contributed by atoms with Crippen LogP contribution in [0.3, 0.4) is 0 Å². The largest absolute Gasteiger partial charge is 0.417 e. The first-order valence-corrected chi connectivity index (χ1v) is 7.15. The van der Waals surface area contributed by atoms with Crippen molar-refractivity contribution in [1.82, 2.24) is 0 Å². The van der Waals surface area contributed by atoms with Gasteiger partial charge in [-0.1, -0.05) is 48.0 Å². The molecular formula is C16H14ClN3O4. The van der Waals surface area contributed by atoms with Crippen molar-refractivity contribution in [2.75, 3.05) is 5.32 Å². The molecule has 0 unspecified atom stereocenters. The van der Waals surface area contributed by atoms with E-state index in [1.165, 1.54) is 18.2 Å². The molecule has 3 amide bonds. The molecule has 5 N–H and O–H groups in total. The van der Waals surface area contributed by atoms with Crippen molar-refractivity contribution in [2.24, 2.45) is 11.5 Å². The molecule has 0 spiro atoms. The Morgan fingerprint density at radius 3 is 2.12 bits per heavy atom. The summed E-state index contributed by atoms with van der Waals surface area (Å²) < 4.78 is 5.05. The van der Waals surface area contributed by atoms with Crippen LogP contribution in [0.2, 0.25) is 5.02 Å². The second-order valence-corrected chi connectivity index (χ2v) is 5.24. The number of nitrogens with two attached hydrogens (primary N) is 2. The van der Waals surface area contributed by atoms with Gasteiger partial charge in [0.05, 0.1) is 0 Å². The molecule has 0 radical (unpaired) electrons. The maximum absolute atomic E-state index is 12.1. The van der Waals surface area contributed by atoms with E-state index in [-0.39, 0.29) is 5.56 Å². The first-order chi connectivity index (χ1) is 11.4. The summed E-state index contributed by atoms with van der Waals surface area (Å²) in [5.74, 6) is -2.41. The number of anilines is 1. The van der Waals surface area contributed by atoms with Crippen LogP contribution in [0.1, 0.15) is 5.56 Å². The molecule has 124 valence electrons. The quantitative estimate of drug-likeness (QED) is 0.712. The van der Waals surface area contributed by atoms with E-state index in [4.69, 9.17) is 27.8 Å². The van der Waals surface area contributed by atoms with E-state index >= 15 is 0 Å². The average molecular weight is 348 g/mol. The molecule has 2 aromatic carbocycles. The zero-order chi connectivity index (χ0) is 17.7. The average Bonchev–Trinajstić information content (AvgIpc) is 2.52. The smallest absolute Gasteiger partial charge is 0.413 e. The number of nitrogens with one attached hydrogen (secondary N) is 1. The van der Waals surface area contributed by atoms with Gasteiger partial charge in [-0.15, -0.1) is 0 Å². The van der Waals surface area contributed by atoms with Gasteiger partial charge in [-0.2, -0.15) is 0 Å². The molecule has 2 aromatic rings. The lowest BCUT2D eigenvalue weighted by Gasteiger charge is -2.27. The van der Waals surface area contributed by atoms with Crippen LogP contribution in [0.25, 0.3) is 0 Å². The van der Waals surface area contributed by atoms with Gasteiger partial charge in [0.25, 0.3) is 17.4 Å². The fourth-order valence-corrected chi connectivity index (χ4v) is 2.28. The van der Waals surface area contributed by atoms with Crippen LogP contribution >= 0.6 is 11.6 Å². The van der Waals surface area contributed by atoms with Crippen LogP contribution in [0.4, 0.5) is 10.5 Å². The van der Waals surface area contributed by atoms with Gasteiger partial charge in [0.1, 0.15) is 0 Å². The molecule has 0 fully saturated rings. The fraction of sp³-hybridized carbons (Fsp3) is 0.0625. The van der Waals surface area contributed by atoms with Gasteiger partial charge < -0.3 is 16.2 Å². The zero-order valence-corrected chi connectivity index (χ0v) is 13.1. The maximum Gasteiger partial charge on any atom is 0.413 e. The number of halogens is 1. The molecule has 0 bridgehead atoms. The molecule has 0 aliphatic rings. The molecular weight excluding hydrogens is 334 g/mol. The Morgan fingerprint density at radius 1 is 0.958 bits per heavy atom. The Balaban J connectivity index is 2.34. The van der Waals surface area contributed by atoms with Gasteiger partial charge >= 0.3 is 6.09 Å². The third-order valence-corrected chi connectivity index (χ3v) is 3.43. The maximum atomic E-state index is 12.1. The second-order valence-electron chi connectivity index (χ2n) is 4.80. The number of primary amides is 2. The number of carbonyl (C=O) groups is 3. The minimum absolute atomic E-state index is 0.0474. The van der Waals surface area contributed by atoms with E-state index in [2.05, 4.69) is 5.32 Å². The van der Waals surface area contributed by atoms with Crippen LogP contribution in [0, 0.1) is 0 Å². The Kier molecular flexibility index (Phi) is 5.05. The van der Waals surface area contributed by atoms with Crippen molar-refractivity contribution in [2.45, 2.75) is 5.60 Å². The molecule has 0 heterocycles. The number of benzene rings is 2. The Bertz CT molecular complexity index is 766. The predicted octanol–water partition coefficient (Wildman–Crippen LogP) is 1.75. The van der Waals surface area contributed by atoms with E-state index in [9.17, 15) is 14.4 Å². The van der Waals surface area contributed by atoms with Crippen LogP contribution < -0.4 is 16.8 Å². The standard InChI is InChI=1S/C16H14ClN3O4/c17-11-7-4-8-12(9-11)20-15(23)24-16(13(18)21,14(19)22)10-5-2-1-3-6-10/h1-9H,(H2,18,21)(H2,19,22)(H,20,23). The van der Waals surface area contributed by atoms with Gasteiger partial charge in [0, 0.05) is 16.3 Å². The van der Waals surface area contributed by atoms with Gasteiger partial charge in [-0.25, -0.2) is 4.79 Å². The van der Waals surface area contributed by atoms with Crippen molar-refractivity contribution in [3.05, 3.63) is 65.2 Å². The molecule has 0 saturated heterocycles. The van der Waals surface area contributed by atoms with Crippen molar-refractivity contribution >= 4 is 35.2 Å². The Morgan fingerprint density at radius 2 is 1.58 bits per heavy atom. The van der Waals surface area contributed by atoms with E-state index in [0.717, 1.165) is 0 Å².